The molecule has 2 saturated heterocycles. The van der Waals surface area contributed by atoms with Gasteiger partial charge in [-0.3, -0.25) is 9.69 Å². The summed E-state index contributed by atoms with van der Waals surface area (Å²) in [5, 5.41) is 13.7. The third-order valence-corrected chi connectivity index (χ3v) is 7.58. The van der Waals surface area contributed by atoms with Crippen LogP contribution in [0.5, 0.6) is 0 Å². The number of carbonyl (C=O) groups is 1. The Morgan fingerprint density at radius 2 is 2.08 bits per heavy atom. The van der Waals surface area contributed by atoms with Crippen LogP contribution in [0.2, 0.25) is 0 Å². The molecule has 1 aromatic heterocycles. The van der Waals surface area contributed by atoms with Gasteiger partial charge in [0.2, 0.25) is 5.76 Å². The van der Waals surface area contributed by atoms with Crippen molar-refractivity contribution in [1.29, 1.82) is 0 Å². The molecule has 2 aliphatic heterocycles. The smallest absolute Gasteiger partial charge is 0.294 e. The number of aromatic nitrogens is 1. The van der Waals surface area contributed by atoms with Crippen LogP contribution in [-0.2, 0) is 0 Å². The second kappa shape index (κ2) is 7.90. The van der Waals surface area contributed by atoms with Crippen molar-refractivity contribution in [2.45, 2.75) is 74.1 Å². The van der Waals surface area contributed by atoms with E-state index in [2.05, 4.69) is 10.1 Å². The maximum atomic E-state index is 13.2. The van der Waals surface area contributed by atoms with Gasteiger partial charge in [-0.05, 0) is 32.6 Å². The minimum absolute atomic E-state index is 0.0122. The van der Waals surface area contributed by atoms with E-state index in [0.29, 0.717) is 17.1 Å². The molecule has 3 heterocycles. The number of aliphatic hydroxyl groups excluding tert-OH is 1. The van der Waals surface area contributed by atoms with Gasteiger partial charge >= 0.3 is 0 Å². The first-order valence-electron chi connectivity index (χ1n) is 9.96. The Morgan fingerprint density at radius 3 is 2.77 bits per heavy atom. The number of amides is 1. The molecule has 1 aliphatic carbocycles. The number of rotatable bonds is 6. The molecule has 3 aliphatic rings. The number of likely N-dealkylation sites (tertiary alicyclic amines) is 2. The Morgan fingerprint density at radius 1 is 1.27 bits per heavy atom. The number of hydrogen-bond donors (Lipinski definition) is 1. The summed E-state index contributed by atoms with van der Waals surface area (Å²) in [6.07, 6.45) is 8.18. The number of hydrogen-bond acceptors (Lipinski definition) is 6. The molecule has 1 N–H and O–H groups in total. The summed E-state index contributed by atoms with van der Waals surface area (Å²) in [5.41, 5.74) is 0.845. The zero-order valence-electron chi connectivity index (χ0n) is 15.5. The summed E-state index contributed by atoms with van der Waals surface area (Å²) < 4.78 is 5.50. The van der Waals surface area contributed by atoms with Gasteiger partial charge in [0.05, 0.1) is 10.6 Å². The van der Waals surface area contributed by atoms with Gasteiger partial charge in [0.25, 0.3) is 5.91 Å². The van der Waals surface area contributed by atoms with Crippen LogP contribution in [0.15, 0.2) is 9.42 Å². The van der Waals surface area contributed by atoms with Gasteiger partial charge in [-0.15, -0.1) is 11.8 Å². The Bertz CT molecular complexity index is 644. The molecule has 6 nitrogen and oxygen atoms in total. The molecule has 4 rings (SSSR count). The van der Waals surface area contributed by atoms with Gasteiger partial charge in [0.15, 0.2) is 0 Å². The maximum absolute atomic E-state index is 13.2. The quantitative estimate of drug-likeness (QED) is 0.819. The van der Waals surface area contributed by atoms with Crippen molar-refractivity contribution in [3.05, 3.63) is 11.5 Å². The molecule has 7 heteroatoms. The zero-order valence-corrected chi connectivity index (χ0v) is 16.3. The third kappa shape index (κ3) is 3.53. The molecule has 0 radical (unpaired) electrons. The van der Waals surface area contributed by atoms with Crippen molar-refractivity contribution in [2.75, 3.05) is 26.2 Å². The van der Waals surface area contributed by atoms with Crippen molar-refractivity contribution >= 4 is 17.7 Å². The molecular formula is C19H29N3O3S. The predicted octanol–water partition coefficient (Wildman–Crippen LogP) is 2.69. The topological polar surface area (TPSA) is 69.8 Å². The van der Waals surface area contributed by atoms with E-state index in [9.17, 15) is 4.79 Å². The van der Waals surface area contributed by atoms with Crippen LogP contribution in [0.3, 0.4) is 0 Å². The highest BCUT2D eigenvalue weighted by Gasteiger charge is 2.46. The molecule has 2 atom stereocenters. The van der Waals surface area contributed by atoms with E-state index in [4.69, 9.17) is 9.63 Å². The number of fused-ring (bicyclic) bond motifs is 2. The van der Waals surface area contributed by atoms with Crippen molar-refractivity contribution in [3.8, 4) is 0 Å². The molecular weight excluding hydrogens is 350 g/mol. The lowest BCUT2D eigenvalue weighted by atomic mass is 10.0. The molecule has 0 unspecified atom stereocenters. The molecule has 0 spiro atoms. The first kappa shape index (κ1) is 18.3. The number of aryl methyl sites for hydroxylation is 1. The highest BCUT2D eigenvalue weighted by Crippen LogP contribution is 2.39. The molecule has 2 bridgehead atoms. The van der Waals surface area contributed by atoms with E-state index in [0.717, 1.165) is 43.1 Å². The monoisotopic (exact) mass is 379 g/mol. The van der Waals surface area contributed by atoms with E-state index in [1.54, 1.807) is 11.8 Å². The molecule has 1 aromatic rings. The molecule has 1 saturated carbocycles. The zero-order chi connectivity index (χ0) is 18.1. The van der Waals surface area contributed by atoms with Crippen LogP contribution in [0.1, 0.15) is 61.2 Å². The second-order valence-electron chi connectivity index (χ2n) is 7.88. The molecule has 26 heavy (non-hydrogen) atoms. The fourth-order valence-corrected chi connectivity index (χ4v) is 6.00. The summed E-state index contributed by atoms with van der Waals surface area (Å²) in [6, 6.07) is 0.693. The standard InChI is InChI=1S/C19H29N3O3S/c1-13-18(26-16-6-3-2-4-7-16)17(25-20-13)19(24)22-12-14-10-15(22)11-21(14)8-5-9-23/h14-16,23H,2-12H2,1H3/t14-,15-/m1/s1. The van der Waals surface area contributed by atoms with Crippen LogP contribution in [0, 0.1) is 6.92 Å². The Kier molecular flexibility index (Phi) is 5.57. The van der Waals surface area contributed by atoms with Crippen molar-refractivity contribution in [1.82, 2.24) is 15.0 Å². The SMILES string of the molecule is Cc1noc(C(=O)N2C[C@H]3C[C@@H]2CN3CCCO)c1SC1CCCCC1. The fourth-order valence-electron chi connectivity index (χ4n) is 4.66. The van der Waals surface area contributed by atoms with E-state index in [-0.39, 0.29) is 18.6 Å². The van der Waals surface area contributed by atoms with Crippen molar-refractivity contribution in [3.63, 3.8) is 0 Å². The van der Waals surface area contributed by atoms with Gasteiger partial charge in [0.1, 0.15) is 0 Å². The van der Waals surface area contributed by atoms with Gasteiger partial charge in [0, 0.05) is 43.6 Å². The Hall–Kier alpha value is -1.05. The van der Waals surface area contributed by atoms with E-state index in [1.807, 2.05) is 11.8 Å². The van der Waals surface area contributed by atoms with Crippen LogP contribution in [0.25, 0.3) is 0 Å². The van der Waals surface area contributed by atoms with Crippen LogP contribution in [0.4, 0.5) is 0 Å². The number of thioether (sulfide) groups is 1. The van der Waals surface area contributed by atoms with Crippen LogP contribution in [-0.4, -0.2) is 69.5 Å². The minimum Gasteiger partial charge on any atom is -0.396 e. The summed E-state index contributed by atoms with van der Waals surface area (Å²) in [5.74, 6) is 0.464. The molecule has 0 aromatic carbocycles. The third-order valence-electron chi connectivity index (χ3n) is 6.06. The lowest BCUT2D eigenvalue weighted by Gasteiger charge is -2.33. The van der Waals surface area contributed by atoms with E-state index < -0.39 is 0 Å². The Balaban J connectivity index is 1.43. The Labute approximate surface area is 159 Å². The normalized spacial score (nSPS) is 26.8. The number of nitrogens with zero attached hydrogens (tertiary/aromatic N) is 3. The first-order chi connectivity index (χ1) is 12.7. The molecule has 1 amide bonds. The number of piperazine rings is 1. The lowest BCUT2D eigenvalue weighted by molar-refractivity contribution is 0.0572. The second-order valence-corrected chi connectivity index (χ2v) is 9.19. The van der Waals surface area contributed by atoms with Crippen molar-refractivity contribution < 1.29 is 14.4 Å². The number of carbonyl (C=O) groups excluding carboxylic acids is 1. The molecule has 3 fully saturated rings. The van der Waals surface area contributed by atoms with Gasteiger partial charge in [-0.1, -0.05) is 24.4 Å². The summed E-state index contributed by atoms with van der Waals surface area (Å²) in [4.78, 5) is 18.5. The first-order valence-corrected chi connectivity index (χ1v) is 10.8. The van der Waals surface area contributed by atoms with Gasteiger partial charge < -0.3 is 14.5 Å². The van der Waals surface area contributed by atoms with E-state index in [1.165, 1.54) is 32.1 Å². The highest BCUT2D eigenvalue weighted by molar-refractivity contribution is 8.00. The maximum Gasteiger partial charge on any atom is 0.294 e. The highest BCUT2D eigenvalue weighted by atomic mass is 32.2. The van der Waals surface area contributed by atoms with Gasteiger partial charge in [-0.2, -0.15) is 0 Å². The molecule has 144 valence electrons. The van der Waals surface area contributed by atoms with Crippen LogP contribution >= 0.6 is 11.8 Å². The summed E-state index contributed by atoms with van der Waals surface area (Å²) in [6.45, 7) is 4.77. The number of aliphatic hydroxyl groups is 1. The fraction of sp³-hybridized carbons (Fsp3) is 0.789. The minimum atomic E-state index is 0.0122. The predicted molar refractivity (Wildman–Crippen MR) is 100 cm³/mol. The van der Waals surface area contributed by atoms with E-state index >= 15 is 0 Å². The average Bonchev–Trinajstić information content (AvgIpc) is 3.35. The van der Waals surface area contributed by atoms with Crippen molar-refractivity contribution in [2.24, 2.45) is 0 Å². The lowest BCUT2D eigenvalue weighted by Crippen LogP contribution is -2.49. The average molecular weight is 380 g/mol. The summed E-state index contributed by atoms with van der Waals surface area (Å²) >= 11 is 1.80. The van der Waals surface area contributed by atoms with Crippen LogP contribution < -0.4 is 0 Å². The summed E-state index contributed by atoms with van der Waals surface area (Å²) in [7, 11) is 0. The van der Waals surface area contributed by atoms with Gasteiger partial charge in [-0.25, -0.2) is 0 Å². The largest absolute Gasteiger partial charge is 0.396 e.